The fourth-order valence-corrected chi connectivity index (χ4v) is 3.16. The first-order valence-electron chi connectivity index (χ1n) is 5.07. The zero-order valence-electron chi connectivity index (χ0n) is 9.25. The Morgan fingerprint density at radius 3 is 3.00 bits per heavy atom. The van der Waals surface area contributed by atoms with Crippen molar-refractivity contribution < 1.29 is 0 Å². The third kappa shape index (κ3) is 4.74. The van der Waals surface area contributed by atoms with Crippen molar-refractivity contribution in [2.24, 2.45) is 11.7 Å². The van der Waals surface area contributed by atoms with Gasteiger partial charge in [-0.15, -0.1) is 11.3 Å². The smallest absolute Gasteiger partial charge is 0.0555 e. The molecule has 0 radical (unpaired) electrons. The molecule has 0 saturated heterocycles. The number of rotatable bonds is 4. The van der Waals surface area contributed by atoms with Gasteiger partial charge in [0.25, 0.3) is 0 Å². The highest BCUT2D eigenvalue weighted by atomic mass is 32.2. The maximum Gasteiger partial charge on any atom is 0.0555 e. The Bertz CT molecular complexity index is 344. The number of thioether (sulfide) groups is 1. The Morgan fingerprint density at radius 2 is 2.33 bits per heavy atom. The van der Waals surface area contributed by atoms with Crippen molar-refractivity contribution in [2.45, 2.75) is 19.6 Å². The number of hydrogen-bond donors (Lipinski definition) is 1. The zero-order valence-corrected chi connectivity index (χ0v) is 10.9. The Labute approximate surface area is 100 Å². The van der Waals surface area contributed by atoms with Crippen LogP contribution in [0, 0.1) is 17.8 Å². The minimum absolute atomic E-state index is 0.439. The molecule has 0 aliphatic rings. The van der Waals surface area contributed by atoms with Gasteiger partial charge in [-0.1, -0.05) is 25.7 Å². The quantitative estimate of drug-likeness (QED) is 0.818. The van der Waals surface area contributed by atoms with Crippen molar-refractivity contribution in [3.8, 4) is 11.8 Å². The lowest BCUT2D eigenvalue weighted by atomic mass is 10.3. The van der Waals surface area contributed by atoms with Gasteiger partial charge in [0.2, 0.25) is 0 Å². The lowest BCUT2D eigenvalue weighted by Crippen LogP contribution is -1.93. The van der Waals surface area contributed by atoms with Crippen molar-refractivity contribution in [1.29, 1.82) is 0 Å². The predicted octanol–water partition coefficient (Wildman–Crippen LogP) is 2.95. The summed E-state index contributed by atoms with van der Waals surface area (Å²) in [5, 5.41) is 2.10. The van der Waals surface area contributed by atoms with Crippen molar-refractivity contribution in [1.82, 2.24) is 0 Å². The average Bonchev–Trinajstić information content (AvgIpc) is 2.62. The van der Waals surface area contributed by atoms with Crippen LogP contribution in [0.2, 0.25) is 0 Å². The van der Waals surface area contributed by atoms with E-state index in [9.17, 15) is 0 Å². The van der Waals surface area contributed by atoms with E-state index in [1.54, 1.807) is 11.3 Å². The molecule has 0 aliphatic carbocycles. The minimum atomic E-state index is 0.439. The standard InChI is InChI=1S/C12H17NS2/c1-10(2)8-14-9-12-11(4-3-6-13)5-7-15-12/h5,7,10H,6,8-9,13H2,1-2H3. The largest absolute Gasteiger partial charge is 0.320 e. The van der Waals surface area contributed by atoms with Gasteiger partial charge < -0.3 is 5.73 Å². The van der Waals surface area contributed by atoms with Crippen LogP contribution in [0.1, 0.15) is 24.3 Å². The topological polar surface area (TPSA) is 26.0 Å². The summed E-state index contributed by atoms with van der Waals surface area (Å²) in [4.78, 5) is 1.38. The van der Waals surface area contributed by atoms with Gasteiger partial charge in [-0.3, -0.25) is 0 Å². The second-order valence-electron chi connectivity index (χ2n) is 3.67. The van der Waals surface area contributed by atoms with Gasteiger partial charge in [-0.25, -0.2) is 0 Å². The van der Waals surface area contributed by atoms with Gasteiger partial charge in [0.15, 0.2) is 0 Å². The summed E-state index contributed by atoms with van der Waals surface area (Å²) in [6.07, 6.45) is 0. The molecule has 0 aromatic carbocycles. The molecule has 0 unspecified atom stereocenters. The third-order valence-corrected chi connectivity index (χ3v) is 4.25. The molecule has 1 aromatic heterocycles. The lowest BCUT2D eigenvalue weighted by molar-refractivity contribution is 0.750. The second kappa shape index (κ2) is 6.95. The molecule has 0 atom stereocenters. The second-order valence-corrected chi connectivity index (χ2v) is 5.70. The summed E-state index contributed by atoms with van der Waals surface area (Å²) in [5.74, 6) is 9.06. The van der Waals surface area contributed by atoms with Gasteiger partial charge >= 0.3 is 0 Å². The molecule has 1 nitrogen and oxygen atoms in total. The molecular formula is C12H17NS2. The highest BCUT2D eigenvalue weighted by Crippen LogP contribution is 2.23. The number of hydrogen-bond acceptors (Lipinski definition) is 3. The van der Waals surface area contributed by atoms with E-state index in [0.29, 0.717) is 6.54 Å². The van der Waals surface area contributed by atoms with E-state index in [2.05, 4.69) is 37.1 Å². The Kier molecular flexibility index (Phi) is 5.85. The molecule has 3 heteroatoms. The monoisotopic (exact) mass is 239 g/mol. The predicted molar refractivity (Wildman–Crippen MR) is 71.3 cm³/mol. The molecular weight excluding hydrogens is 222 g/mol. The zero-order chi connectivity index (χ0) is 11.1. The SMILES string of the molecule is CC(C)CSCc1sccc1C#CCN. The summed E-state index contributed by atoms with van der Waals surface area (Å²) in [6.45, 7) is 4.93. The van der Waals surface area contributed by atoms with E-state index in [1.807, 2.05) is 11.8 Å². The average molecular weight is 239 g/mol. The molecule has 0 aliphatic heterocycles. The molecule has 1 aromatic rings. The third-order valence-electron chi connectivity index (χ3n) is 1.75. The number of nitrogens with two attached hydrogens (primary N) is 1. The van der Waals surface area contributed by atoms with Gasteiger partial charge in [0.1, 0.15) is 0 Å². The molecule has 1 heterocycles. The summed E-state index contributed by atoms with van der Waals surface area (Å²) in [5.41, 5.74) is 6.51. The summed E-state index contributed by atoms with van der Waals surface area (Å²) >= 11 is 3.77. The van der Waals surface area contributed by atoms with E-state index >= 15 is 0 Å². The van der Waals surface area contributed by atoms with Crippen molar-refractivity contribution in [3.05, 3.63) is 21.9 Å². The van der Waals surface area contributed by atoms with E-state index < -0.39 is 0 Å². The fraction of sp³-hybridized carbons (Fsp3) is 0.500. The van der Waals surface area contributed by atoms with Crippen molar-refractivity contribution >= 4 is 23.1 Å². The molecule has 15 heavy (non-hydrogen) atoms. The van der Waals surface area contributed by atoms with Gasteiger partial charge in [0.05, 0.1) is 6.54 Å². The maximum absolute atomic E-state index is 5.36. The summed E-state index contributed by atoms with van der Waals surface area (Å²) in [7, 11) is 0. The normalized spacial score (nSPS) is 10.1. The Morgan fingerprint density at radius 1 is 1.53 bits per heavy atom. The lowest BCUT2D eigenvalue weighted by Gasteiger charge is -2.03. The van der Waals surface area contributed by atoms with Crippen molar-refractivity contribution in [3.63, 3.8) is 0 Å². The first kappa shape index (κ1) is 12.6. The van der Waals surface area contributed by atoms with Crippen LogP contribution < -0.4 is 5.73 Å². The molecule has 2 N–H and O–H groups in total. The molecule has 0 fully saturated rings. The maximum atomic E-state index is 5.36. The van der Waals surface area contributed by atoms with Gasteiger partial charge in [-0.05, 0) is 23.1 Å². The van der Waals surface area contributed by atoms with Crippen LogP contribution in [0.3, 0.4) is 0 Å². The summed E-state index contributed by atoms with van der Waals surface area (Å²) in [6, 6.07) is 2.08. The highest BCUT2D eigenvalue weighted by molar-refractivity contribution is 7.98. The van der Waals surface area contributed by atoms with E-state index in [0.717, 1.165) is 17.2 Å². The summed E-state index contributed by atoms with van der Waals surface area (Å²) < 4.78 is 0. The van der Waals surface area contributed by atoms with Crippen LogP contribution in [0.15, 0.2) is 11.4 Å². The molecule has 1 rings (SSSR count). The minimum Gasteiger partial charge on any atom is -0.320 e. The van der Waals surface area contributed by atoms with Crippen molar-refractivity contribution in [2.75, 3.05) is 12.3 Å². The molecule has 0 saturated carbocycles. The molecule has 0 spiro atoms. The van der Waals surface area contributed by atoms with Crippen LogP contribution in [-0.4, -0.2) is 12.3 Å². The molecule has 0 bridgehead atoms. The van der Waals surface area contributed by atoms with E-state index in [1.165, 1.54) is 10.6 Å². The molecule has 0 amide bonds. The van der Waals surface area contributed by atoms with E-state index in [-0.39, 0.29) is 0 Å². The fourth-order valence-electron chi connectivity index (χ4n) is 1.10. The molecule has 82 valence electrons. The van der Waals surface area contributed by atoms with Gasteiger partial charge in [-0.2, -0.15) is 11.8 Å². The highest BCUT2D eigenvalue weighted by Gasteiger charge is 2.02. The van der Waals surface area contributed by atoms with Crippen LogP contribution >= 0.6 is 23.1 Å². The Balaban J connectivity index is 2.50. The van der Waals surface area contributed by atoms with Crippen LogP contribution in [-0.2, 0) is 5.75 Å². The van der Waals surface area contributed by atoms with Crippen LogP contribution in [0.4, 0.5) is 0 Å². The first-order valence-corrected chi connectivity index (χ1v) is 7.10. The first-order chi connectivity index (χ1) is 7.24. The van der Waals surface area contributed by atoms with Crippen LogP contribution in [0.25, 0.3) is 0 Å². The van der Waals surface area contributed by atoms with E-state index in [4.69, 9.17) is 5.73 Å². The van der Waals surface area contributed by atoms with Gasteiger partial charge in [0, 0.05) is 16.2 Å². The van der Waals surface area contributed by atoms with Crippen LogP contribution in [0.5, 0.6) is 0 Å². The number of thiophene rings is 1. The Hall–Kier alpha value is -0.430.